The van der Waals surface area contributed by atoms with Gasteiger partial charge in [0, 0.05) is 18.9 Å². The number of rotatable bonds is 3. The molecule has 0 bridgehead atoms. The molecule has 0 aromatic carbocycles. The Morgan fingerprint density at radius 1 is 1.41 bits per heavy atom. The van der Waals surface area contributed by atoms with E-state index in [2.05, 4.69) is 26.0 Å². The summed E-state index contributed by atoms with van der Waals surface area (Å²) in [5.74, 6) is -0.362. The van der Waals surface area contributed by atoms with E-state index in [4.69, 9.17) is 14.2 Å². The maximum absolute atomic E-state index is 11.3. The van der Waals surface area contributed by atoms with Crippen LogP contribution in [0.5, 0.6) is 5.06 Å². The van der Waals surface area contributed by atoms with Gasteiger partial charge in [-0.1, -0.05) is 11.3 Å². The van der Waals surface area contributed by atoms with Gasteiger partial charge in [0.25, 0.3) is 0 Å². The number of thiophene rings is 1. The fourth-order valence-corrected chi connectivity index (χ4v) is 4.21. The van der Waals surface area contributed by atoms with Gasteiger partial charge in [-0.05, 0) is 34.8 Å². The third-order valence-corrected chi connectivity index (χ3v) is 5.45. The fraction of sp³-hybridized carbons (Fsp3) is 0.643. The Kier molecular flexibility index (Phi) is 4.91. The molecule has 2 aliphatic rings. The van der Waals surface area contributed by atoms with E-state index in [0.717, 1.165) is 35.2 Å². The van der Waals surface area contributed by atoms with Gasteiger partial charge in [-0.15, -0.1) is 0 Å². The summed E-state index contributed by atoms with van der Waals surface area (Å²) in [7, 11) is 1.29. The van der Waals surface area contributed by atoms with Crippen molar-refractivity contribution in [1.82, 2.24) is 0 Å². The average Bonchev–Trinajstić information content (AvgIpc) is 3.09. The van der Waals surface area contributed by atoms with E-state index < -0.39 is 6.16 Å². The Labute approximate surface area is 141 Å². The molecule has 1 aliphatic heterocycles. The highest BCUT2D eigenvalue weighted by atomic mass is 79.9. The van der Waals surface area contributed by atoms with Crippen molar-refractivity contribution in [2.24, 2.45) is 0 Å². The van der Waals surface area contributed by atoms with E-state index in [1.54, 1.807) is 0 Å². The summed E-state index contributed by atoms with van der Waals surface area (Å²) in [6.45, 7) is 1.37. The number of hydrogen-bond acceptors (Lipinski definition) is 7. The first kappa shape index (κ1) is 16.0. The van der Waals surface area contributed by atoms with Crippen LogP contribution < -0.4 is 10.1 Å². The van der Waals surface area contributed by atoms with Gasteiger partial charge in [-0.3, -0.25) is 0 Å². The summed E-state index contributed by atoms with van der Waals surface area (Å²) in [5, 5.41) is 3.95. The van der Waals surface area contributed by atoms with Crippen molar-refractivity contribution in [2.45, 2.75) is 37.5 Å². The van der Waals surface area contributed by atoms with Gasteiger partial charge in [-0.2, -0.15) is 0 Å². The van der Waals surface area contributed by atoms with Gasteiger partial charge in [0.05, 0.1) is 29.8 Å². The minimum absolute atomic E-state index is 0.305. The highest BCUT2D eigenvalue weighted by Crippen LogP contribution is 2.41. The quantitative estimate of drug-likeness (QED) is 0.791. The van der Waals surface area contributed by atoms with Crippen LogP contribution in [0.1, 0.15) is 25.7 Å². The molecule has 22 heavy (non-hydrogen) atoms. The molecule has 1 aliphatic carbocycles. The molecule has 1 N–H and O–H groups in total. The molecular formula is C14H18BrNO5S. The van der Waals surface area contributed by atoms with E-state index >= 15 is 0 Å². The van der Waals surface area contributed by atoms with Crippen LogP contribution in [0.15, 0.2) is 9.85 Å². The van der Waals surface area contributed by atoms with Gasteiger partial charge in [0.15, 0.2) is 5.79 Å². The second-order valence-corrected chi connectivity index (χ2v) is 7.73. The Morgan fingerprint density at radius 2 is 2.09 bits per heavy atom. The maximum Gasteiger partial charge on any atom is 0.514 e. The lowest BCUT2D eigenvalue weighted by Gasteiger charge is -2.35. The maximum atomic E-state index is 11.3. The first-order valence-electron chi connectivity index (χ1n) is 7.20. The Balaban J connectivity index is 1.60. The molecule has 1 saturated carbocycles. The first-order chi connectivity index (χ1) is 10.6. The predicted octanol–water partition coefficient (Wildman–Crippen LogP) is 3.75. The molecule has 0 atom stereocenters. The molecule has 0 amide bonds. The molecule has 122 valence electrons. The molecule has 1 spiro atoms. The molecular weight excluding hydrogens is 374 g/mol. The second-order valence-electron chi connectivity index (χ2n) is 5.33. The minimum atomic E-state index is -0.715. The van der Waals surface area contributed by atoms with E-state index in [1.165, 1.54) is 18.4 Å². The summed E-state index contributed by atoms with van der Waals surface area (Å²) >= 11 is 4.76. The number of anilines is 1. The number of carbonyl (C=O) groups excluding carboxylic acids is 1. The largest absolute Gasteiger partial charge is 0.514 e. The highest BCUT2D eigenvalue weighted by molar-refractivity contribution is 9.11. The van der Waals surface area contributed by atoms with Crippen molar-refractivity contribution in [2.75, 3.05) is 25.6 Å². The molecule has 1 aromatic rings. The molecule has 0 radical (unpaired) electrons. The number of nitrogens with one attached hydrogen (secondary N) is 1. The van der Waals surface area contributed by atoms with Crippen molar-refractivity contribution < 1.29 is 23.7 Å². The molecule has 1 saturated heterocycles. The summed E-state index contributed by atoms with van der Waals surface area (Å²) in [5.41, 5.74) is 0.802. The van der Waals surface area contributed by atoms with E-state index in [1.807, 2.05) is 6.07 Å². The van der Waals surface area contributed by atoms with Gasteiger partial charge < -0.3 is 24.3 Å². The molecule has 0 unspecified atom stereocenters. The van der Waals surface area contributed by atoms with Crippen molar-refractivity contribution >= 4 is 39.1 Å². The highest BCUT2D eigenvalue weighted by Gasteiger charge is 2.40. The molecule has 1 aromatic heterocycles. The monoisotopic (exact) mass is 391 g/mol. The van der Waals surface area contributed by atoms with Crippen LogP contribution in [0.25, 0.3) is 0 Å². The van der Waals surface area contributed by atoms with Gasteiger partial charge in [0.2, 0.25) is 5.06 Å². The standard InChI is InChI=1S/C14H18BrNO5S/c1-18-13(17)21-12-10(8-11(15)22-12)16-9-2-4-14(5-3-9)19-6-7-20-14/h8-9,16H,2-7H2,1H3. The van der Waals surface area contributed by atoms with Crippen LogP contribution in [0.3, 0.4) is 0 Å². The fourth-order valence-electron chi connectivity index (χ4n) is 2.85. The Bertz CT molecular complexity index is 533. The zero-order valence-electron chi connectivity index (χ0n) is 12.2. The first-order valence-corrected chi connectivity index (χ1v) is 8.81. The van der Waals surface area contributed by atoms with E-state index in [9.17, 15) is 4.79 Å². The summed E-state index contributed by atoms with van der Waals surface area (Å²) in [6, 6.07) is 2.22. The molecule has 2 heterocycles. The van der Waals surface area contributed by atoms with Crippen molar-refractivity contribution in [3.63, 3.8) is 0 Å². The van der Waals surface area contributed by atoms with Crippen molar-refractivity contribution in [3.8, 4) is 5.06 Å². The van der Waals surface area contributed by atoms with Crippen LogP contribution in [0.2, 0.25) is 0 Å². The lowest BCUT2D eigenvalue weighted by Crippen LogP contribution is -2.39. The molecule has 8 heteroatoms. The molecule has 2 fully saturated rings. The van der Waals surface area contributed by atoms with Crippen LogP contribution in [0.4, 0.5) is 10.5 Å². The number of methoxy groups -OCH3 is 1. The molecule has 3 rings (SSSR count). The Hall–Kier alpha value is -0.830. The van der Waals surface area contributed by atoms with Gasteiger partial charge in [-0.25, -0.2) is 4.79 Å². The number of hydrogen-bond donors (Lipinski definition) is 1. The van der Waals surface area contributed by atoms with Gasteiger partial charge >= 0.3 is 6.16 Å². The zero-order valence-corrected chi connectivity index (χ0v) is 14.6. The average molecular weight is 392 g/mol. The SMILES string of the molecule is COC(=O)Oc1sc(Br)cc1NC1CCC2(CC1)OCCO2. The van der Waals surface area contributed by atoms with E-state index in [-0.39, 0.29) is 5.79 Å². The van der Waals surface area contributed by atoms with Crippen LogP contribution in [0, 0.1) is 0 Å². The second kappa shape index (κ2) is 6.74. The lowest BCUT2D eigenvalue weighted by molar-refractivity contribution is -0.177. The number of carbonyl (C=O) groups is 1. The third-order valence-electron chi connectivity index (χ3n) is 3.93. The third kappa shape index (κ3) is 3.56. The minimum Gasteiger partial charge on any atom is -0.437 e. The van der Waals surface area contributed by atoms with Crippen LogP contribution in [-0.4, -0.2) is 38.3 Å². The van der Waals surface area contributed by atoms with Crippen LogP contribution in [-0.2, 0) is 14.2 Å². The Morgan fingerprint density at radius 3 is 2.73 bits per heavy atom. The van der Waals surface area contributed by atoms with Crippen molar-refractivity contribution in [1.29, 1.82) is 0 Å². The van der Waals surface area contributed by atoms with Crippen LogP contribution >= 0.6 is 27.3 Å². The summed E-state index contributed by atoms with van der Waals surface area (Å²) in [4.78, 5) is 11.3. The van der Waals surface area contributed by atoms with E-state index in [0.29, 0.717) is 24.3 Å². The lowest BCUT2D eigenvalue weighted by atomic mass is 9.90. The predicted molar refractivity (Wildman–Crippen MR) is 85.6 cm³/mol. The normalized spacial score (nSPS) is 21.0. The summed E-state index contributed by atoms with van der Waals surface area (Å²) in [6.07, 6.45) is 2.94. The number of ether oxygens (including phenoxy) is 4. The van der Waals surface area contributed by atoms with Gasteiger partial charge in [0.1, 0.15) is 0 Å². The smallest absolute Gasteiger partial charge is 0.437 e. The topological polar surface area (TPSA) is 66.0 Å². The zero-order chi connectivity index (χ0) is 15.6. The molecule has 6 nitrogen and oxygen atoms in total. The van der Waals surface area contributed by atoms with Crippen molar-refractivity contribution in [3.05, 3.63) is 9.85 Å². The summed E-state index contributed by atoms with van der Waals surface area (Å²) < 4.78 is 22.1. The number of halogens is 1.